The first kappa shape index (κ1) is 12.9. The lowest BCUT2D eigenvalue weighted by Gasteiger charge is -2.20. The van der Waals surface area contributed by atoms with Crippen molar-refractivity contribution in [3.63, 3.8) is 0 Å². The first-order chi connectivity index (χ1) is 9.81. The molecule has 0 spiro atoms. The SMILES string of the molecule is N#Cc1cc(N[C@@H]2CCC[C@@H]2CO)nc2ccccc12. The van der Waals surface area contributed by atoms with Crippen LogP contribution < -0.4 is 5.32 Å². The molecular formula is C16H17N3O. The number of benzene rings is 1. The van der Waals surface area contributed by atoms with Crippen LogP contribution in [-0.4, -0.2) is 22.7 Å². The summed E-state index contributed by atoms with van der Waals surface area (Å²) in [5, 5.41) is 22.9. The first-order valence-electron chi connectivity index (χ1n) is 6.99. The van der Waals surface area contributed by atoms with Gasteiger partial charge in [0.15, 0.2) is 0 Å². The van der Waals surface area contributed by atoms with E-state index >= 15 is 0 Å². The van der Waals surface area contributed by atoms with Crippen LogP contribution in [0.25, 0.3) is 10.9 Å². The molecule has 0 radical (unpaired) electrons. The molecule has 0 bridgehead atoms. The van der Waals surface area contributed by atoms with Gasteiger partial charge in [-0.05, 0) is 25.0 Å². The average Bonchev–Trinajstić information content (AvgIpc) is 2.93. The zero-order valence-electron chi connectivity index (χ0n) is 11.2. The monoisotopic (exact) mass is 267 g/mol. The van der Waals surface area contributed by atoms with Gasteiger partial charge in [-0.3, -0.25) is 0 Å². The van der Waals surface area contributed by atoms with Crippen LogP contribution in [0.2, 0.25) is 0 Å². The molecule has 102 valence electrons. The lowest BCUT2D eigenvalue weighted by atomic mass is 10.0. The topological polar surface area (TPSA) is 68.9 Å². The maximum absolute atomic E-state index is 9.37. The van der Waals surface area contributed by atoms with Crippen LogP contribution in [0.1, 0.15) is 24.8 Å². The Morgan fingerprint density at radius 2 is 2.20 bits per heavy atom. The number of nitrogens with one attached hydrogen (secondary N) is 1. The summed E-state index contributed by atoms with van der Waals surface area (Å²) >= 11 is 0. The van der Waals surface area contributed by atoms with Gasteiger partial charge in [0.2, 0.25) is 0 Å². The molecule has 1 fully saturated rings. The van der Waals surface area contributed by atoms with Crippen LogP contribution in [0, 0.1) is 17.2 Å². The van der Waals surface area contributed by atoms with Gasteiger partial charge in [0.1, 0.15) is 5.82 Å². The highest BCUT2D eigenvalue weighted by atomic mass is 16.3. The lowest BCUT2D eigenvalue weighted by Crippen LogP contribution is -2.26. The highest BCUT2D eigenvalue weighted by Gasteiger charge is 2.26. The number of hydrogen-bond acceptors (Lipinski definition) is 4. The molecular weight excluding hydrogens is 250 g/mol. The van der Waals surface area contributed by atoms with E-state index in [2.05, 4.69) is 16.4 Å². The van der Waals surface area contributed by atoms with E-state index in [0.29, 0.717) is 5.56 Å². The van der Waals surface area contributed by atoms with Gasteiger partial charge in [-0.1, -0.05) is 24.6 Å². The fourth-order valence-corrected chi connectivity index (χ4v) is 2.98. The van der Waals surface area contributed by atoms with E-state index in [-0.39, 0.29) is 18.6 Å². The van der Waals surface area contributed by atoms with Gasteiger partial charge in [0.05, 0.1) is 17.1 Å². The van der Waals surface area contributed by atoms with Crippen molar-refractivity contribution in [1.29, 1.82) is 5.26 Å². The number of anilines is 1. The van der Waals surface area contributed by atoms with Crippen molar-refractivity contribution in [2.45, 2.75) is 25.3 Å². The number of aliphatic hydroxyl groups excluding tert-OH is 1. The molecule has 4 nitrogen and oxygen atoms in total. The molecule has 2 atom stereocenters. The summed E-state index contributed by atoms with van der Waals surface area (Å²) in [7, 11) is 0. The van der Waals surface area contributed by atoms with Crippen LogP contribution in [-0.2, 0) is 0 Å². The summed E-state index contributed by atoms with van der Waals surface area (Å²) in [5.74, 6) is 1.01. The Balaban J connectivity index is 1.94. The van der Waals surface area contributed by atoms with Crippen molar-refractivity contribution < 1.29 is 5.11 Å². The molecule has 1 aliphatic rings. The van der Waals surface area contributed by atoms with Crippen LogP contribution in [0.3, 0.4) is 0 Å². The van der Waals surface area contributed by atoms with Gasteiger partial charge in [-0.15, -0.1) is 0 Å². The molecule has 1 heterocycles. The lowest BCUT2D eigenvalue weighted by molar-refractivity contribution is 0.222. The summed E-state index contributed by atoms with van der Waals surface area (Å²) in [5.41, 5.74) is 1.46. The molecule has 1 saturated carbocycles. The van der Waals surface area contributed by atoms with Gasteiger partial charge in [-0.2, -0.15) is 5.26 Å². The number of aromatic nitrogens is 1. The largest absolute Gasteiger partial charge is 0.396 e. The fourth-order valence-electron chi connectivity index (χ4n) is 2.98. The molecule has 1 aliphatic carbocycles. The third-order valence-electron chi connectivity index (χ3n) is 4.06. The maximum atomic E-state index is 9.37. The summed E-state index contributed by atoms with van der Waals surface area (Å²) in [6.07, 6.45) is 3.22. The van der Waals surface area contributed by atoms with Crippen molar-refractivity contribution in [3.05, 3.63) is 35.9 Å². The second-order valence-corrected chi connectivity index (χ2v) is 5.31. The van der Waals surface area contributed by atoms with E-state index in [1.54, 1.807) is 6.07 Å². The minimum atomic E-state index is 0.205. The molecule has 4 heteroatoms. The van der Waals surface area contributed by atoms with Gasteiger partial charge in [0.25, 0.3) is 0 Å². The van der Waals surface area contributed by atoms with E-state index in [9.17, 15) is 10.4 Å². The summed E-state index contributed by atoms with van der Waals surface area (Å²) in [6.45, 7) is 0.205. The molecule has 0 aliphatic heterocycles. The molecule has 0 unspecified atom stereocenters. The number of hydrogen-bond donors (Lipinski definition) is 2. The van der Waals surface area contributed by atoms with Gasteiger partial charge in [-0.25, -0.2) is 4.98 Å². The second kappa shape index (κ2) is 5.48. The Hall–Kier alpha value is -2.12. The third kappa shape index (κ3) is 2.33. The minimum absolute atomic E-state index is 0.205. The van der Waals surface area contributed by atoms with E-state index in [1.165, 1.54) is 0 Å². The number of nitrogens with zero attached hydrogens (tertiary/aromatic N) is 2. The smallest absolute Gasteiger partial charge is 0.128 e. The Morgan fingerprint density at radius 3 is 3.00 bits per heavy atom. The number of aliphatic hydroxyl groups is 1. The Kier molecular flexibility index (Phi) is 3.53. The summed E-state index contributed by atoms with van der Waals surface area (Å²) in [6, 6.07) is 11.9. The van der Waals surface area contributed by atoms with Crippen molar-refractivity contribution >= 4 is 16.7 Å². The highest BCUT2D eigenvalue weighted by molar-refractivity contribution is 5.86. The fraction of sp³-hybridized carbons (Fsp3) is 0.375. The van der Waals surface area contributed by atoms with E-state index in [0.717, 1.165) is 36.0 Å². The number of rotatable bonds is 3. The molecule has 1 aromatic carbocycles. The van der Waals surface area contributed by atoms with Gasteiger partial charge >= 0.3 is 0 Å². The molecule has 0 saturated heterocycles. The average molecular weight is 267 g/mol. The predicted molar refractivity (Wildman–Crippen MR) is 78.3 cm³/mol. The maximum Gasteiger partial charge on any atom is 0.128 e. The number of fused-ring (bicyclic) bond motifs is 1. The normalized spacial score (nSPS) is 21.8. The Morgan fingerprint density at radius 1 is 1.35 bits per heavy atom. The third-order valence-corrected chi connectivity index (χ3v) is 4.06. The first-order valence-corrected chi connectivity index (χ1v) is 6.99. The van der Waals surface area contributed by atoms with Gasteiger partial charge < -0.3 is 10.4 Å². The Bertz CT molecular complexity index is 662. The second-order valence-electron chi connectivity index (χ2n) is 5.31. The predicted octanol–water partition coefficient (Wildman–Crippen LogP) is 2.68. The molecule has 0 amide bonds. The molecule has 20 heavy (non-hydrogen) atoms. The zero-order valence-corrected chi connectivity index (χ0v) is 11.2. The van der Waals surface area contributed by atoms with E-state index < -0.39 is 0 Å². The number of pyridine rings is 1. The van der Waals surface area contributed by atoms with Crippen LogP contribution in [0.15, 0.2) is 30.3 Å². The molecule has 2 aromatic rings. The van der Waals surface area contributed by atoms with Crippen LogP contribution in [0.4, 0.5) is 5.82 Å². The van der Waals surface area contributed by atoms with Crippen LogP contribution >= 0.6 is 0 Å². The number of nitriles is 1. The number of para-hydroxylation sites is 1. The van der Waals surface area contributed by atoms with Crippen molar-refractivity contribution in [2.24, 2.45) is 5.92 Å². The zero-order chi connectivity index (χ0) is 13.9. The summed E-state index contributed by atoms with van der Waals surface area (Å²) < 4.78 is 0. The standard InChI is InChI=1S/C16H17N3O/c17-9-12-8-16(18-14-7-3-4-11(14)10-20)19-15-6-2-1-5-13(12)15/h1-2,5-6,8,11,14,20H,3-4,7,10H2,(H,18,19)/t11-,14-/m1/s1. The van der Waals surface area contributed by atoms with Crippen molar-refractivity contribution in [1.82, 2.24) is 4.98 Å². The van der Waals surface area contributed by atoms with E-state index in [4.69, 9.17) is 0 Å². The highest BCUT2D eigenvalue weighted by Crippen LogP contribution is 2.29. The minimum Gasteiger partial charge on any atom is -0.396 e. The molecule has 2 N–H and O–H groups in total. The summed E-state index contributed by atoms with van der Waals surface area (Å²) in [4.78, 5) is 4.57. The van der Waals surface area contributed by atoms with E-state index in [1.807, 2.05) is 24.3 Å². The molecule has 1 aromatic heterocycles. The van der Waals surface area contributed by atoms with Crippen LogP contribution in [0.5, 0.6) is 0 Å². The van der Waals surface area contributed by atoms with Crippen molar-refractivity contribution in [3.8, 4) is 6.07 Å². The van der Waals surface area contributed by atoms with Crippen molar-refractivity contribution in [2.75, 3.05) is 11.9 Å². The quantitative estimate of drug-likeness (QED) is 0.897. The molecule has 3 rings (SSSR count). The van der Waals surface area contributed by atoms with Gasteiger partial charge in [0, 0.05) is 24.0 Å². The Labute approximate surface area is 118 Å².